The quantitative estimate of drug-likeness (QED) is 0.936. The molecule has 0 saturated heterocycles. The van der Waals surface area contributed by atoms with Crippen molar-refractivity contribution in [1.29, 1.82) is 0 Å². The van der Waals surface area contributed by atoms with Gasteiger partial charge >= 0.3 is 0 Å². The summed E-state index contributed by atoms with van der Waals surface area (Å²) >= 11 is 0. The maximum Gasteiger partial charge on any atom is 0.274 e. The molecule has 0 radical (unpaired) electrons. The molecule has 106 valence electrons. The molecule has 0 saturated carbocycles. The predicted molar refractivity (Wildman–Crippen MR) is 78.4 cm³/mol. The number of nitrogen functional groups attached to an aromatic ring is 1. The minimum absolute atomic E-state index is 0.118. The van der Waals surface area contributed by atoms with Crippen LogP contribution >= 0.6 is 0 Å². The molecule has 5 heteroatoms. The van der Waals surface area contributed by atoms with Crippen LogP contribution in [0.2, 0.25) is 0 Å². The fourth-order valence-corrected chi connectivity index (χ4v) is 2.07. The van der Waals surface area contributed by atoms with Crippen LogP contribution in [0.25, 0.3) is 0 Å². The van der Waals surface area contributed by atoms with Crippen molar-refractivity contribution in [2.75, 3.05) is 17.7 Å². The first-order chi connectivity index (χ1) is 9.40. The summed E-state index contributed by atoms with van der Waals surface area (Å²) < 4.78 is 15.1. The monoisotopic (exact) mass is 275 g/mol. The van der Waals surface area contributed by atoms with Crippen LogP contribution in [-0.4, -0.2) is 17.5 Å². The Morgan fingerprint density at radius 1 is 1.35 bits per heavy atom. The van der Waals surface area contributed by atoms with Crippen molar-refractivity contribution in [3.63, 3.8) is 0 Å². The van der Waals surface area contributed by atoms with E-state index in [0.717, 1.165) is 0 Å². The van der Waals surface area contributed by atoms with Crippen LogP contribution in [0.4, 0.5) is 15.8 Å². The standard InChI is InChI=1S/C15H18FN3O/c1-10(2)19-9-12(17)8-14(19)15(20)18(3)13-6-4-5-11(16)7-13/h4-10H,17H2,1-3H3. The SMILES string of the molecule is CC(C)n1cc(N)cc1C(=O)N(C)c1cccc(F)c1. The molecule has 4 nitrogen and oxygen atoms in total. The second-order valence-corrected chi connectivity index (χ2v) is 5.00. The minimum Gasteiger partial charge on any atom is -0.397 e. The average Bonchev–Trinajstić information content (AvgIpc) is 2.79. The van der Waals surface area contributed by atoms with E-state index < -0.39 is 0 Å². The van der Waals surface area contributed by atoms with Gasteiger partial charge in [-0.3, -0.25) is 4.79 Å². The van der Waals surface area contributed by atoms with Crippen LogP contribution in [0.5, 0.6) is 0 Å². The molecule has 2 aromatic rings. The highest BCUT2D eigenvalue weighted by Gasteiger charge is 2.19. The Kier molecular flexibility index (Phi) is 3.79. The van der Waals surface area contributed by atoms with Crippen molar-refractivity contribution in [3.05, 3.63) is 48.0 Å². The zero-order valence-corrected chi connectivity index (χ0v) is 11.8. The second-order valence-electron chi connectivity index (χ2n) is 5.00. The fourth-order valence-electron chi connectivity index (χ4n) is 2.07. The maximum absolute atomic E-state index is 13.2. The van der Waals surface area contributed by atoms with Crippen LogP contribution in [0, 0.1) is 5.82 Å². The number of carbonyl (C=O) groups excluding carboxylic acids is 1. The molecule has 1 heterocycles. The molecule has 0 aliphatic carbocycles. The number of nitrogens with two attached hydrogens (primary N) is 1. The number of hydrogen-bond acceptors (Lipinski definition) is 2. The van der Waals surface area contributed by atoms with E-state index in [9.17, 15) is 9.18 Å². The van der Waals surface area contributed by atoms with E-state index in [4.69, 9.17) is 5.73 Å². The minimum atomic E-state index is -0.374. The Balaban J connectivity index is 2.36. The number of anilines is 2. The highest BCUT2D eigenvalue weighted by molar-refractivity contribution is 6.05. The van der Waals surface area contributed by atoms with Crippen molar-refractivity contribution in [3.8, 4) is 0 Å². The normalized spacial score (nSPS) is 10.8. The lowest BCUT2D eigenvalue weighted by Gasteiger charge is -2.19. The number of carbonyl (C=O) groups is 1. The van der Waals surface area contributed by atoms with Gasteiger partial charge in [0.05, 0.1) is 5.69 Å². The Labute approximate surface area is 117 Å². The number of nitrogens with zero attached hydrogens (tertiary/aromatic N) is 2. The highest BCUT2D eigenvalue weighted by Crippen LogP contribution is 2.21. The summed E-state index contributed by atoms with van der Waals surface area (Å²) in [5.41, 5.74) is 7.30. The van der Waals surface area contributed by atoms with Gasteiger partial charge in [-0.05, 0) is 38.1 Å². The van der Waals surface area contributed by atoms with Gasteiger partial charge in [-0.2, -0.15) is 0 Å². The van der Waals surface area contributed by atoms with Gasteiger partial charge in [-0.25, -0.2) is 4.39 Å². The van der Waals surface area contributed by atoms with Gasteiger partial charge in [0, 0.05) is 25.0 Å². The van der Waals surface area contributed by atoms with Crippen LogP contribution in [-0.2, 0) is 0 Å². The summed E-state index contributed by atoms with van der Waals surface area (Å²) in [5.74, 6) is -0.595. The van der Waals surface area contributed by atoms with Crippen LogP contribution in [0.3, 0.4) is 0 Å². The predicted octanol–water partition coefficient (Wildman–Crippen LogP) is 3.07. The summed E-state index contributed by atoms with van der Waals surface area (Å²) in [4.78, 5) is 13.9. The third-order valence-corrected chi connectivity index (χ3v) is 3.15. The molecule has 0 fully saturated rings. The van der Waals surface area contributed by atoms with E-state index >= 15 is 0 Å². The molecule has 0 aliphatic rings. The largest absolute Gasteiger partial charge is 0.397 e. The number of aromatic nitrogens is 1. The Morgan fingerprint density at radius 3 is 2.65 bits per heavy atom. The van der Waals surface area contributed by atoms with Crippen LogP contribution < -0.4 is 10.6 Å². The Hall–Kier alpha value is -2.30. The molecule has 1 aromatic carbocycles. The molecule has 1 aromatic heterocycles. The van der Waals surface area contributed by atoms with Crippen molar-refractivity contribution in [2.24, 2.45) is 0 Å². The molecule has 1 amide bonds. The van der Waals surface area contributed by atoms with Gasteiger partial charge in [0.25, 0.3) is 5.91 Å². The van der Waals surface area contributed by atoms with Crippen molar-refractivity contribution in [2.45, 2.75) is 19.9 Å². The molecular weight excluding hydrogens is 257 g/mol. The van der Waals surface area contributed by atoms with Crippen LogP contribution in [0.1, 0.15) is 30.4 Å². The smallest absolute Gasteiger partial charge is 0.274 e. The lowest BCUT2D eigenvalue weighted by Crippen LogP contribution is -2.28. The third kappa shape index (κ3) is 2.66. The van der Waals surface area contributed by atoms with Crippen LogP contribution in [0.15, 0.2) is 36.5 Å². The number of rotatable bonds is 3. The maximum atomic E-state index is 13.2. The molecule has 0 unspecified atom stereocenters. The number of halogens is 1. The van der Waals surface area contributed by atoms with Gasteiger partial charge < -0.3 is 15.2 Å². The molecular formula is C15H18FN3O. The van der Waals surface area contributed by atoms with E-state index in [1.807, 2.05) is 18.4 Å². The van der Waals surface area contributed by atoms with Gasteiger partial charge in [-0.1, -0.05) is 6.07 Å². The number of hydrogen-bond donors (Lipinski definition) is 1. The number of benzene rings is 1. The summed E-state index contributed by atoms with van der Waals surface area (Å²) in [6.07, 6.45) is 1.73. The highest BCUT2D eigenvalue weighted by atomic mass is 19.1. The van der Waals surface area contributed by atoms with Gasteiger partial charge in [-0.15, -0.1) is 0 Å². The van der Waals surface area contributed by atoms with E-state index in [1.54, 1.807) is 31.4 Å². The van der Waals surface area contributed by atoms with Crippen molar-refractivity contribution < 1.29 is 9.18 Å². The summed E-state index contributed by atoms with van der Waals surface area (Å²) in [6, 6.07) is 7.68. The van der Waals surface area contributed by atoms with E-state index in [1.165, 1.54) is 17.0 Å². The molecule has 0 atom stereocenters. The van der Waals surface area contributed by atoms with E-state index in [0.29, 0.717) is 17.1 Å². The lowest BCUT2D eigenvalue weighted by molar-refractivity contribution is 0.0982. The van der Waals surface area contributed by atoms with Gasteiger partial charge in [0.15, 0.2) is 0 Å². The first kappa shape index (κ1) is 14.1. The first-order valence-corrected chi connectivity index (χ1v) is 6.41. The summed E-state index contributed by atoms with van der Waals surface area (Å²) in [5, 5.41) is 0. The fraction of sp³-hybridized carbons (Fsp3) is 0.267. The molecule has 20 heavy (non-hydrogen) atoms. The second kappa shape index (κ2) is 5.36. The Bertz CT molecular complexity index is 634. The van der Waals surface area contributed by atoms with E-state index in [2.05, 4.69) is 0 Å². The number of amides is 1. The zero-order chi connectivity index (χ0) is 14.9. The van der Waals surface area contributed by atoms with Gasteiger partial charge in [0.2, 0.25) is 0 Å². The molecule has 2 N–H and O–H groups in total. The average molecular weight is 275 g/mol. The topological polar surface area (TPSA) is 51.3 Å². The zero-order valence-electron chi connectivity index (χ0n) is 11.8. The molecule has 0 bridgehead atoms. The molecule has 2 rings (SSSR count). The molecule has 0 aliphatic heterocycles. The third-order valence-electron chi connectivity index (χ3n) is 3.15. The van der Waals surface area contributed by atoms with E-state index in [-0.39, 0.29) is 17.8 Å². The molecule has 0 spiro atoms. The lowest BCUT2D eigenvalue weighted by atomic mass is 10.2. The van der Waals surface area contributed by atoms with Crippen molar-refractivity contribution in [1.82, 2.24) is 4.57 Å². The van der Waals surface area contributed by atoms with Gasteiger partial charge in [0.1, 0.15) is 11.5 Å². The Morgan fingerprint density at radius 2 is 2.05 bits per heavy atom. The summed E-state index contributed by atoms with van der Waals surface area (Å²) in [7, 11) is 1.62. The summed E-state index contributed by atoms with van der Waals surface area (Å²) in [6.45, 7) is 3.94. The first-order valence-electron chi connectivity index (χ1n) is 6.41. The van der Waals surface area contributed by atoms with Crippen molar-refractivity contribution >= 4 is 17.3 Å².